The van der Waals surface area contributed by atoms with Crippen LogP contribution in [0, 0.1) is 11.8 Å². The maximum Gasteiger partial charge on any atom is 0.0785 e. The predicted molar refractivity (Wildman–Crippen MR) is 60.8 cm³/mol. The molecule has 0 fully saturated rings. The van der Waals surface area contributed by atoms with Gasteiger partial charge in [0, 0.05) is 6.61 Å². The van der Waals surface area contributed by atoms with Crippen molar-refractivity contribution in [1.29, 1.82) is 0 Å². The second-order valence-corrected chi connectivity index (χ2v) is 2.40. The first kappa shape index (κ1) is 23.1. The molecule has 0 aromatic heterocycles. The Hall–Kier alpha value is -0.110. The average molecular weight is 196 g/mol. The van der Waals surface area contributed by atoms with E-state index in [1.165, 1.54) is 0 Å². The molecule has 0 saturated carbocycles. The molecule has 0 radical (unpaired) electrons. The lowest BCUT2D eigenvalue weighted by atomic mass is 10.00. The van der Waals surface area contributed by atoms with Crippen LogP contribution in [0.4, 0.5) is 4.39 Å². The molecule has 0 rings (SSSR count). The number of alkyl halides is 1. The van der Waals surface area contributed by atoms with Crippen LogP contribution in [0.1, 0.15) is 48.5 Å². The van der Waals surface area contributed by atoms with Gasteiger partial charge in [0.1, 0.15) is 0 Å². The van der Waals surface area contributed by atoms with Gasteiger partial charge in [0.2, 0.25) is 0 Å². The van der Waals surface area contributed by atoms with Gasteiger partial charge in [-0.1, -0.05) is 48.5 Å². The average Bonchev–Trinajstić information content (AvgIpc) is 2.25. The van der Waals surface area contributed by atoms with E-state index in [0.717, 1.165) is 0 Å². The van der Waals surface area contributed by atoms with E-state index < -0.39 is 0 Å². The first-order valence-corrected chi connectivity index (χ1v) is 5.17. The third-order valence-electron chi connectivity index (χ3n) is 1.43. The summed E-state index contributed by atoms with van der Waals surface area (Å²) in [5.74, 6) is 1.07. The SMILES string of the molecule is CC.CC.CC(C)C(C)CO.CF. The van der Waals surface area contributed by atoms with Crippen LogP contribution < -0.4 is 0 Å². The Morgan fingerprint density at radius 1 is 0.923 bits per heavy atom. The molecule has 0 heterocycles. The van der Waals surface area contributed by atoms with Crippen LogP contribution in [0.15, 0.2) is 0 Å². The number of halogens is 1. The van der Waals surface area contributed by atoms with Crippen molar-refractivity contribution in [2.24, 2.45) is 11.8 Å². The Bertz CT molecular complexity index is 47.4. The fraction of sp³-hybridized carbons (Fsp3) is 1.00. The highest BCUT2D eigenvalue weighted by atomic mass is 19.1. The molecule has 0 aliphatic carbocycles. The molecule has 0 aromatic rings. The summed E-state index contributed by atoms with van der Waals surface area (Å²) >= 11 is 0. The molecule has 1 unspecified atom stereocenters. The lowest BCUT2D eigenvalue weighted by molar-refractivity contribution is 0.203. The quantitative estimate of drug-likeness (QED) is 0.710. The van der Waals surface area contributed by atoms with Gasteiger partial charge < -0.3 is 5.11 Å². The van der Waals surface area contributed by atoms with Crippen LogP contribution in [0.25, 0.3) is 0 Å². The van der Waals surface area contributed by atoms with Crippen molar-refractivity contribution < 1.29 is 9.50 Å². The predicted octanol–water partition coefficient (Wildman–Crippen LogP) is 3.91. The molecule has 0 amide bonds. The van der Waals surface area contributed by atoms with Gasteiger partial charge >= 0.3 is 0 Å². The van der Waals surface area contributed by atoms with E-state index in [1.807, 2.05) is 34.6 Å². The van der Waals surface area contributed by atoms with Crippen LogP contribution in [0.3, 0.4) is 0 Å². The Labute approximate surface area is 84.4 Å². The summed E-state index contributed by atoms with van der Waals surface area (Å²) in [4.78, 5) is 0. The topological polar surface area (TPSA) is 20.2 Å². The molecule has 1 nitrogen and oxygen atoms in total. The maximum atomic E-state index is 9.50. The highest BCUT2D eigenvalue weighted by molar-refractivity contribution is 4.52. The maximum absolute atomic E-state index is 9.50. The zero-order chi connectivity index (χ0) is 11.9. The molecule has 86 valence electrons. The largest absolute Gasteiger partial charge is 0.396 e. The molecule has 1 atom stereocenters. The van der Waals surface area contributed by atoms with E-state index in [2.05, 4.69) is 13.8 Å². The first-order chi connectivity index (χ1) is 6.18. The minimum Gasteiger partial charge on any atom is -0.396 e. The second-order valence-electron chi connectivity index (χ2n) is 2.40. The Kier molecular flexibility index (Phi) is 52.7. The number of hydrogen-bond donors (Lipinski definition) is 1. The summed E-state index contributed by atoms with van der Waals surface area (Å²) in [6.07, 6.45) is 0. The Balaban J connectivity index is -0.0000000573. The summed E-state index contributed by atoms with van der Waals surface area (Å²) in [5, 5.41) is 8.51. The van der Waals surface area contributed by atoms with E-state index in [4.69, 9.17) is 5.11 Å². The molecular formula is C11H29FO. The Morgan fingerprint density at radius 2 is 1.15 bits per heavy atom. The summed E-state index contributed by atoms with van der Waals surface area (Å²) in [5.41, 5.74) is 0. The molecular weight excluding hydrogens is 167 g/mol. The smallest absolute Gasteiger partial charge is 0.0785 e. The van der Waals surface area contributed by atoms with Crippen molar-refractivity contribution in [2.45, 2.75) is 48.5 Å². The van der Waals surface area contributed by atoms with Crippen LogP contribution in [-0.2, 0) is 0 Å². The normalized spacial score (nSPS) is 9.46. The highest BCUT2D eigenvalue weighted by Gasteiger charge is 2.02. The highest BCUT2D eigenvalue weighted by Crippen LogP contribution is 2.06. The van der Waals surface area contributed by atoms with Crippen molar-refractivity contribution >= 4 is 0 Å². The van der Waals surface area contributed by atoms with Gasteiger partial charge in [-0.3, -0.25) is 4.39 Å². The van der Waals surface area contributed by atoms with Gasteiger partial charge in [0.05, 0.1) is 7.18 Å². The number of hydrogen-bond acceptors (Lipinski definition) is 1. The van der Waals surface area contributed by atoms with Crippen LogP contribution >= 0.6 is 0 Å². The zero-order valence-electron chi connectivity index (χ0n) is 10.7. The Morgan fingerprint density at radius 3 is 1.15 bits per heavy atom. The summed E-state index contributed by atoms with van der Waals surface area (Å²) in [6, 6.07) is 0. The number of aliphatic hydroxyl groups is 1. The molecule has 0 spiro atoms. The third kappa shape index (κ3) is 33.5. The van der Waals surface area contributed by atoms with Crippen molar-refractivity contribution in [1.82, 2.24) is 0 Å². The monoisotopic (exact) mass is 196 g/mol. The third-order valence-corrected chi connectivity index (χ3v) is 1.43. The van der Waals surface area contributed by atoms with E-state index in [0.29, 0.717) is 25.6 Å². The summed E-state index contributed by atoms with van der Waals surface area (Å²) in [6.45, 7) is 14.6. The van der Waals surface area contributed by atoms with E-state index in [-0.39, 0.29) is 0 Å². The van der Waals surface area contributed by atoms with Crippen LogP contribution in [0.2, 0.25) is 0 Å². The molecule has 13 heavy (non-hydrogen) atoms. The summed E-state index contributed by atoms with van der Waals surface area (Å²) in [7, 11) is 0.500. The molecule has 0 bridgehead atoms. The number of aliphatic hydroxyl groups excluding tert-OH is 1. The van der Waals surface area contributed by atoms with Gasteiger partial charge in [0.25, 0.3) is 0 Å². The molecule has 0 aliphatic heterocycles. The number of rotatable bonds is 2. The van der Waals surface area contributed by atoms with Gasteiger partial charge in [-0.2, -0.15) is 0 Å². The van der Waals surface area contributed by atoms with Crippen molar-refractivity contribution in [3.05, 3.63) is 0 Å². The molecule has 0 aromatic carbocycles. The van der Waals surface area contributed by atoms with Gasteiger partial charge in [-0.15, -0.1) is 0 Å². The van der Waals surface area contributed by atoms with E-state index in [9.17, 15) is 4.39 Å². The first-order valence-electron chi connectivity index (χ1n) is 5.17. The minimum atomic E-state index is 0.317. The standard InChI is InChI=1S/C6H14O.2C2H6.CH3F/c1-5(2)6(3)4-7;3*1-2/h5-7H,4H2,1-3H3;2*1-2H3;1H3. The van der Waals surface area contributed by atoms with Crippen molar-refractivity contribution in [3.8, 4) is 0 Å². The van der Waals surface area contributed by atoms with Crippen molar-refractivity contribution in [3.63, 3.8) is 0 Å². The fourth-order valence-corrected chi connectivity index (χ4v) is 0.211. The van der Waals surface area contributed by atoms with Gasteiger partial charge in [-0.25, -0.2) is 0 Å². The lowest BCUT2D eigenvalue weighted by Crippen LogP contribution is -2.07. The van der Waals surface area contributed by atoms with E-state index in [1.54, 1.807) is 0 Å². The molecule has 2 heteroatoms. The van der Waals surface area contributed by atoms with Crippen molar-refractivity contribution in [2.75, 3.05) is 13.8 Å². The van der Waals surface area contributed by atoms with Crippen LogP contribution in [-0.4, -0.2) is 18.9 Å². The minimum absolute atomic E-state index is 0.317. The van der Waals surface area contributed by atoms with E-state index >= 15 is 0 Å². The second kappa shape index (κ2) is 29.7. The van der Waals surface area contributed by atoms with Crippen LogP contribution in [0.5, 0.6) is 0 Å². The lowest BCUT2D eigenvalue weighted by Gasteiger charge is -2.09. The fourth-order valence-electron chi connectivity index (χ4n) is 0.211. The van der Waals surface area contributed by atoms with Gasteiger partial charge in [-0.05, 0) is 11.8 Å². The molecule has 1 N–H and O–H groups in total. The summed E-state index contributed by atoms with van der Waals surface area (Å²) < 4.78 is 9.50. The van der Waals surface area contributed by atoms with Gasteiger partial charge in [0.15, 0.2) is 0 Å². The molecule has 0 aliphatic rings. The molecule has 0 saturated heterocycles. The zero-order valence-corrected chi connectivity index (χ0v) is 10.7.